The van der Waals surface area contributed by atoms with Crippen LogP contribution >= 0.6 is 0 Å². The molecule has 7 heteroatoms. The van der Waals surface area contributed by atoms with Gasteiger partial charge in [-0.1, -0.05) is 0 Å². The molecule has 1 fully saturated rings. The van der Waals surface area contributed by atoms with Gasteiger partial charge in [0.1, 0.15) is 0 Å². The molecule has 0 bridgehead atoms. The number of aromatic nitrogens is 2. The first kappa shape index (κ1) is 15.5. The highest BCUT2D eigenvalue weighted by Crippen LogP contribution is 2.27. The van der Waals surface area contributed by atoms with Crippen LogP contribution in [0.4, 0.5) is 0 Å². The van der Waals surface area contributed by atoms with E-state index in [2.05, 4.69) is 5.10 Å². The van der Waals surface area contributed by atoms with E-state index in [0.717, 1.165) is 0 Å². The van der Waals surface area contributed by atoms with E-state index in [1.54, 1.807) is 29.0 Å². The standard InChI is InChI=1S/C14H21N3O4/c1-9-4-5-10(14(19)20)8-17(9)13(18)12(21-3)11-6-15-16(2)7-11/h6-7,9-10,12H,4-5,8H2,1-3H3,(H,19,20). The lowest BCUT2D eigenvalue weighted by Crippen LogP contribution is -2.49. The molecular weight excluding hydrogens is 274 g/mol. The molecule has 21 heavy (non-hydrogen) atoms. The number of hydrogen-bond acceptors (Lipinski definition) is 4. The number of nitrogens with zero attached hydrogens (tertiary/aromatic N) is 3. The summed E-state index contributed by atoms with van der Waals surface area (Å²) in [5, 5.41) is 13.2. The number of carboxylic acid groups (broad SMARTS) is 1. The minimum absolute atomic E-state index is 0.0161. The molecule has 1 amide bonds. The molecule has 1 aromatic rings. The van der Waals surface area contributed by atoms with Crippen LogP contribution in [0.5, 0.6) is 0 Å². The zero-order valence-electron chi connectivity index (χ0n) is 12.5. The Morgan fingerprint density at radius 2 is 2.19 bits per heavy atom. The van der Waals surface area contributed by atoms with Crippen LogP contribution in [0.25, 0.3) is 0 Å². The van der Waals surface area contributed by atoms with Crippen molar-refractivity contribution in [2.45, 2.75) is 31.9 Å². The van der Waals surface area contributed by atoms with Crippen LogP contribution in [0.2, 0.25) is 0 Å². The van der Waals surface area contributed by atoms with E-state index < -0.39 is 18.0 Å². The average molecular weight is 295 g/mol. The molecule has 2 heterocycles. The number of methoxy groups -OCH3 is 1. The summed E-state index contributed by atoms with van der Waals surface area (Å²) in [7, 11) is 3.24. The Balaban J connectivity index is 2.17. The number of likely N-dealkylation sites (tertiary alicyclic amines) is 1. The second kappa shape index (κ2) is 6.26. The van der Waals surface area contributed by atoms with Gasteiger partial charge >= 0.3 is 5.97 Å². The topological polar surface area (TPSA) is 84.7 Å². The number of rotatable bonds is 4. The summed E-state index contributed by atoms with van der Waals surface area (Å²) in [6.07, 6.45) is 3.87. The van der Waals surface area contributed by atoms with Gasteiger partial charge in [-0.15, -0.1) is 0 Å². The van der Waals surface area contributed by atoms with Gasteiger partial charge in [-0.25, -0.2) is 0 Å². The maximum atomic E-state index is 12.7. The van der Waals surface area contributed by atoms with E-state index in [9.17, 15) is 9.59 Å². The molecule has 0 radical (unpaired) electrons. The number of aryl methyl sites for hydroxylation is 1. The summed E-state index contributed by atoms with van der Waals surface area (Å²) in [4.78, 5) is 25.5. The molecule has 0 saturated carbocycles. The fraction of sp³-hybridized carbons (Fsp3) is 0.643. The van der Waals surface area contributed by atoms with Crippen molar-refractivity contribution >= 4 is 11.9 Å². The van der Waals surface area contributed by atoms with E-state index in [1.807, 2.05) is 6.92 Å². The van der Waals surface area contributed by atoms with Crippen LogP contribution in [0.3, 0.4) is 0 Å². The molecular formula is C14H21N3O4. The second-order valence-electron chi connectivity index (χ2n) is 5.52. The Morgan fingerprint density at radius 1 is 1.48 bits per heavy atom. The zero-order chi connectivity index (χ0) is 15.6. The molecule has 1 aliphatic heterocycles. The normalized spacial score (nSPS) is 23.9. The summed E-state index contributed by atoms with van der Waals surface area (Å²) in [5.41, 5.74) is 0.676. The monoisotopic (exact) mass is 295 g/mol. The molecule has 2 rings (SSSR count). The highest BCUT2D eigenvalue weighted by Gasteiger charge is 2.36. The first-order valence-corrected chi connectivity index (χ1v) is 6.98. The fourth-order valence-corrected chi connectivity index (χ4v) is 2.72. The molecule has 0 aromatic carbocycles. The van der Waals surface area contributed by atoms with E-state index in [1.165, 1.54) is 7.11 Å². The first-order valence-electron chi connectivity index (χ1n) is 6.98. The van der Waals surface area contributed by atoms with Crippen LogP contribution in [0.15, 0.2) is 12.4 Å². The second-order valence-corrected chi connectivity index (χ2v) is 5.52. The average Bonchev–Trinajstić information content (AvgIpc) is 2.86. The molecule has 0 spiro atoms. The molecule has 116 valence electrons. The maximum absolute atomic E-state index is 12.7. The largest absolute Gasteiger partial charge is 0.481 e. The van der Waals surface area contributed by atoms with Crippen molar-refractivity contribution in [2.24, 2.45) is 13.0 Å². The van der Waals surface area contributed by atoms with Crippen molar-refractivity contribution < 1.29 is 19.4 Å². The van der Waals surface area contributed by atoms with Crippen LogP contribution in [0, 0.1) is 5.92 Å². The number of carbonyl (C=O) groups excluding carboxylic acids is 1. The lowest BCUT2D eigenvalue weighted by molar-refractivity contribution is -0.152. The van der Waals surface area contributed by atoms with Gasteiger partial charge in [0.15, 0.2) is 6.10 Å². The third-order valence-corrected chi connectivity index (χ3v) is 4.00. The van der Waals surface area contributed by atoms with Crippen molar-refractivity contribution in [3.63, 3.8) is 0 Å². The van der Waals surface area contributed by atoms with Gasteiger partial charge in [0.25, 0.3) is 5.91 Å². The zero-order valence-corrected chi connectivity index (χ0v) is 12.5. The molecule has 3 unspecified atom stereocenters. The van der Waals surface area contributed by atoms with Crippen molar-refractivity contribution in [1.82, 2.24) is 14.7 Å². The Bertz CT molecular complexity index is 528. The maximum Gasteiger partial charge on any atom is 0.308 e. The van der Waals surface area contributed by atoms with E-state index in [-0.39, 0.29) is 18.5 Å². The van der Waals surface area contributed by atoms with Crippen LogP contribution < -0.4 is 0 Å². The summed E-state index contributed by atoms with van der Waals surface area (Å²) < 4.78 is 6.92. The quantitative estimate of drug-likeness (QED) is 0.889. The first-order chi connectivity index (χ1) is 9.93. The van der Waals surface area contributed by atoms with Gasteiger partial charge in [-0.2, -0.15) is 5.10 Å². The molecule has 1 saturated heterocycles. The third-order valence-electron chi connectivity index (χ3n) is 4.00. The number of hydrogen-bond donors (Lipinski definition) is 1. The Morgan fingerprint density at radius 3 is 2.71 bits per heavy atom. The molecule has 7 nitrogen and oxygen atoms in total. The molecule has 1 aliphatic rings. The van der Waals surface area contributed by atoms with Crippen molar-refractivity contribution in [3.05, 3.63) is 18.0 Å². The van der Waals surface area contributed by atoms with Crippen molar-refractivity contribution in [1.29, 1.82) is 0 Å². The Kier molecular flexibility index (Phi) is 4.62. The lowest BCUT2D eigenvalue weighted by atomic mass is 9.93. The number of amides is 1. The van der Waals surface area contributed by atoms with Crippen molar-refractivity contribution in [2.75, 3.05) is 13.7 Å². The van der Waals surface area contributed by atoms with Gasteiger partial charge < -0.3 is 14.7 Å². The number of piperidine rings is 1. The Hall–Kier alpha value is -1.89. The molecule has 1 N–H and O–H groups in total. The minimum Gasteiger partial charge on any atom is -0.481 e. The highest BCUT2D eigenvalue weighted by atomic mass is 16.5. The Labute approximate surface area is 123 Å². The predicted molar refractivity (Wildman–Crippen MR) is 74.5 cm³/mol. The molecule has 0 aliphatic carbocycles. The number of carbonyl (C=O) groups is 2. The van der Waals surface area contributed by atoms with E-state index in [0.29, 0.717) is 18.4 Å². The highest BCUT2D eigenvalue weighted by molar-refractivity contribution is 5.83. The van der Waals surface area contributed by atoms with Crippen LogP contribution in [0.1, 0.15) is 31.4 Å². The van der Waals surface area contributed by atoms with E-state index >= 15 is 0 Å². The summed E-state index contributed by atoms with van der Waals surface area (Å²) in [5.74, 6) is -1.56. The van der Waals surface area contributed by atoms with Crippen molar-refractivity contribution in [3.8, 4) is 0 Å². The van der Waals surface area contributed by atoms with Gasteiger partial charge in [0.2, 0.25) is 0 Å². The third kappa shape index (κ3) is 3.24. The summed E-state index contributed by atoms with van der Waals surface area (Å²) >= 11 is 0. The predicted octanol–water partition coefficient (Wildman–Crippen LogP) is 0.819. The fourth-order valence-electron chi connectivity index (χ4n) is 2.72. The van der Waals surface area contributed by atoms with Crippen LogP contribution in [-0.2, 0) is 21.4 Å². The lowest BCUT2D eigenvalue weighted by Gasteiger charge is -2.38. The summed E-state index contributed by atoms with van der Waals surface area (Å²) in [6.45, 7) is 2.17. The number of aliphatic carboxylic acids is 1. The van der Waals surface area contributed by atoms with Gasteiger partial charge in [0, 0.05) is 38.5 Å². The summed E-state index contributed by atoms with van der Waals surface area (Å²) in [6, 6.07) is 0.0161. The number of carboxylic acids is 1. The van der Waals surface area contributed by atoms with Gasteiger partial charge in [-0.3, -0.25) is 14.3 Å². The SMILES string of the molecule is COC(C(=O)N1CC(C(=O)O)CCC1C)c1cnn(C)c1. The molecule has 3 atom stereocenters. The van der Waals surface area contributed by atoms with Gasteiger partial charge in [-0.05, 0) is 19.8 Å². The van der Waals surface area contributed by atoms with E-state index in [4.69, 9.17) is 9.84 Å². The van der Waals surface area contributed by atoms with Gasteiger partial charge in [0.05, 0.1) is 12.1 Å². The smallest absolute Gasteiger partial charge is 0.308 e. The van der Waals surface area contributed by atoms with Crippen LogP contribution in [-0.4, -0.2) is 51.4 Å². The molecule has 1 aromatic heterocycles. The number of ether oxygens (including phenoxy) is 1. The minimum atomic E-state index is -0.852.